The van der Waals surface area contributed by atoms with Crippen molar-refractivity contribution in [3.8, 4) is 6.07 Å². The molecule has 0 radical (unpaired) electrons. The van der Waals surface area contributed by atoms with Crippen LogP contribution < -0.4 is 0 Å². The zero-order valence-corrected chi connectivity index (χ0v) is 13.8. The first kappa shape index (κ1) is 20.6. The predicted molar refractivity (Wildman–Crippen MR) is 63.9 cm³/mol. The van der Waals surface area contributed by atoms with Gasteiger partial charge in [0.1, 0.15) is 0 Å². The van der Waals surface area contributed by atoms with Crippen LogP contribution in [0.15, 0.2) is 0 Å². The molecule has 0 heterocycles. The third-order valence-electron chi connectivity index (χ3n) is 1.51. The average molecular weight is 435 g/mol. The van der Waals surface area contributed by atoms with Gasteiger partial charge < -0.3 is 4.90 Å². The summed E-state index contributed by atoms with van der Waals surface area (Å²) >= 11 is -0.472. The molecule has 0 aliphatic heterocycles. The van der Waals surface area contributed by atoms with Crippen LogP contribution in [0.4, 0.5) is 0 Å². The van der Waals surface area contributed by atoms with E-state index in [-0.39, 0.29) is 5.54 Å². The molecule has 0 bridgehead atoms. The second-order valence-corrected chi connectivity index (χ2v) is 6.87. The van der Waals surface area contributed by atoms with Crippen molar-refractivity contribution in [2.45, 2.75) is 40.2 Å². The molecule has 0 fully saturated rings. The zero-order chi connectivity index (χ0) is 13.1. The van der Waals surface area contributed by atoms with Crippen molar-refractivity contribution in [3.63, 3.8) is 0 Å². The van der Waals surface area contributed by atoms with Gasteiger partial charge in [0.15, 0.2) is 0 Å². The molecule has 3 nitrogen and oxygen atoms in total. The maximum absolute atomic E-state index is 7.32. The van der Waals surface area contributed by atoms with Gasteiger partial charge in [0.25, 0.3) is 0 Å². The first-order valence-corrected chi connectivity index (χ1v) is 9.74. The van der Waals surface area contributed by atoms with Crippen LogP contribution in [0.2, 0.25) is 0 Å². The van der Waals surface area contributed by atoms with Crippen molar-refractivity contribution in [2.24, 2.45) is 0 Å². The molecule has 0 aromatic carbocycles. The first-order chi connectivity index (χ1) is 6.68. The molecule has 0 aliphatic rings. The molecule has 1 N–H and O–H groups in total. The van der Waals surface area contributed by atoms with Crippen molar-refractivity contribution >= 4 is 24.7 Å². The molecular formula is C9H19Cl2N3Pt. The van der Waals surface area contributed by atoms with Gasteiger partial charge in [0, 0.05) is 19.5 Å². The van der Waals surface area contributed by atoms with Crippen LogP contribution in [0.1, 0.15) is 34.6 Å². The van der Waals surface area contributed by atoms with Crippen LogP contribution in [0.5, 0.6) is 0 Å². The number of rotatable bonds is 0. The van der Waals surface area contributed by atoms with Crippen molar-refractivity contribution in [1.29, 1.82) is 10.7 Å². The van der Waals surface area contributed by atoms with Crippen LogP contribution in [-0.2, 0) is 16.5 Å². The molecule has 0 unspecified atom stereocenters. The van der Waals surface area contributed by atoms with Gasteiger partial charge in [-0.15, -0.1) is 0 Å². The van der Waals surface area contributed by atoms with E-state index in [1.807, 2.05) is 11.9 Å². The van der Waals surface area contributed by atoms with E-state index in [0.717, 1.165) is 0 Å². The Morgan fingerprint density at radius 3 is 1.60 bits per heavy atom. The number of nitrogens with one attached hydrogen (secondary N) is 1. The number of amidine groups is 1. The third-order valence-corrected chi connectivity index (χ3v) is 1.51. The predicted octanol–water partition coefficient (Wildman–Crippen LogP) is 3.62. The van der Waals surface area contributed by atoms with Crippen LogP contribution >= 0.6 is 18.8 Å². The summed E-state index contributed by atoms with van der Waals surface area (Å²) in [5, 5.41) is 14.6. The number of hydrogen-bond donors (Lipinski definition) is 1. The van der Waals surface area contributed by atoms with Crippen LogP contribution in [-0.4, -0.2) is 23.3 Å². The Labute approximate surface area is 110 Å². The molecule has 0 amide bonds. The molecule has 0 aromatic rings. The van der Waals surface area contributed by atoms with Crippen molar-refractivity contribution in [1.82, 2.24) is 4.90 Å². The average Bonchev–Trinajstić information content (AvgIpc) is 2.04. The van der Waals surface area contributed by atoms with E-state index >= 15 is 0 Å². The van der Waals surface area contributed by atoms with Gasteiger partial charge in [-0.2, -0.15) is 5.26 Å². The molecular weight excluding hydrogens is 416 g/mol. The zero-order valence-electron chi connectivity index (χ0n) is 9.97. The minimum atomic E-state index is -0.472. The Morgan fingerprint density at radius 2 is 1.60 bits per heavy atom. The molecule has 94 valence electrons. The second kappa shape index (κ2) is 12.3. The summed E-state index contributed by atoms with van der Waals surface area (Å²) in [6.45, 7) is 9.49. The summed E-state index contributed by atoms with van der Waals surface area (Å²) in [5.74, 6) is 0.613. The topological polar surface area (TPSA) is 50.9 Å². The van der Waals surface area contributed by atoms with E-state index in [2.05, 4.69) is 20.8 Å². The van der Waals surface area contributed by atoms with Gasteiger partial charge in [0.05, 0.1) is 11.9 Å². The third kappa shape index (κ3) is 20.3. The van der Waals surface area contributed by atoms with E-state index in [9.17, 15) is 0 Å². The Morgan fingerprint density at radius 1 is 1.40 bits per heavy atom. The Balaban J connectivity index is -0.000000200. The summed E-state index contributed by atoms with van der Waals surface area (Å²) in [6, 6.07) is 1.75. The van der Waals surface area contributed by atoms with E-state index in [0.29, 0.717) is 5.84 Å². The summed E-state index contributed by atoms with van der Waals surface area (Å²) < 4.78 is 0. The van der Waals surface area contributed by atoms with Gasteiger partial charge in [-0.1, -0.05) is 0 Å². The minimum absolute atomic E-state index is 0.0891. The van der Waals surface area contributed by atoms with Crippen LogP contribution in [0.3, 0.4) is 0 Å². The van der Waals surface area contributed by atoms with Crippen molar-refractivity contribution < 1.29 is 16.5 Å². The van der Waals surface area contributed by atoms with Crippen LogP contribution in [0.25, 0.3) is 0 Å². The number of halogens is 2. The number of nitrogens with zero attached hydrogens (tertiary/aromatic N) is 2. The molecule has 0 saturated carbocycles. The Kier molecular flexibility index (Phi) is 16.9. The SMILES string of the molecule is CC#N.CC(=N)N(C)C(C)(C)C.[Cl][Pt][Cl]. The van der Waals surface area contributed by atoms with Gasteiger partial charge >= 0.3 is 35.3 Å². The van der Waals surface area contributed by atoms with E-state index in [1.54, 1.807) is 13.0 Å². The first-order valence-electron chi connectivity index (χ1n) is 4.11. The van der Waals surface area contributed by atoms with E-state index in [4.69, 9.17) is 29.5 Å². The quantitative estimate of drug-likeness (QED) is 0.467. The maximum atomic E-state index is 7.32. The molecule has 0 aromatic heterocycles. The fraction of sp³-hybridized carbons (Fsp3) is 0.778. The number of hydrogen-bond acceptors (Lipinski definition) is 2. The molecule has 0 aliphatic carbocycles. The van der Waals surface area contributed by atoms with Crippen molar-refractivity contribution in [2.75, 3.05) is 7.05 Å². The second-order valence-electron chi connectivity index (χ2n) is 3.58. The summed E-state index contributed by atoms with van der Waals surface area (Å²) in [5.41, 5.74) is 0.0891. The van der Waals surface area contributed by atoms with Crippen LogP contribution in [0, 0.1) is 16.7 Å². The normalized spacial score (nSPS) is 8.73. The van der Waals surface area contributed by atoms with E-state index < -0.39 is 16.5 Å². The molecule has 6 heteroatoms. The summed E-state index contributed by atoms with van der Waals surface area (Å²) in [6.07, 6.45) is 0. The van der Waals surface area contributed by atoms with Gasteiger partial charge in [-0.3, -0.25) is 5.41 Å². The molecule has 0 saturated heterocycles. The van der Waals surface area contributed by atoms with Gasteiger partial charge in [-0.25, -0.2) is 0 Å². The molecule has 15 heavy (non-hydrogen) atoms. The fourth-order valence-electron chi connectivity index (χ4n) is 0.503. The fourth-order valence-corrected chi connectivity index (χ4v) is 0.503. The van der Waals surface area contributed by atoms with E-state index in [1.165, 1.54) is 6.92 Å². The molecule has 0 rings (SSSR count). The molecule has 0 spiro atoms. The van der Waals surface area contributed by atoms with Gasteiger partial charge in [0.2, 0.25) is 0 Å². The standard InChI is InChI=1S/C7H16N2.C2H3N.2ClH.Pt/c1-6(8)9(5)7(2,3)4;1-2-3;;;/h8H,1-5H3;1H3;2*1H;/q;;;;+2/p-2. The van der Waals surface area contributed by atoms with Crippen molar-refractivity contribution in [3.05, 3.63) is 0 Å². The Bertz CT molecular complexity index is 197. The summed E-state index contributed by atoms with van der Waals surface area (Å²) in [4.78, 5) is 1.94. The Hall–Kier alpha value is 0.228. The monoisotopic (exact) mass is 434 g/mol. The number of nitriles is 1. The summed E-state index contributed by atoms with van der Waals surface area (Å²) in [7, 11) is 11.7. The molecule has 0 atom stereocenters. The van der Waals surface area contributed by atoms with Gasteiger partial charge in [-0.05, 0) is 27.7 Å².